The number of nitrogens with zero attached hydrogens (tertiary/aromatic N) is 1. The quantitative estimate of drug-likeness (QED) is 0.149. The summed E-state index contributed by atoms with van der Waals surface area (Å²) < 4.78 is 0. The highest BCUT2D eigenvalue weighted by molar-refractivity contribution is 5.91. The van der Waals surface area contributed by atoms with Gasteiger partial charge in [-0.2, -0.15) is 0 Å². The van der Waals surface area contributed by atoms with Crippen molar-refractivity contribution in [3.63, 3.8) is 0 Å². The lowest BCUT2D eigenvalue weighted by Crippen LogP contribution is -2.17. The second-order valence-electron chi connectivity index (χ2n) is 18.7. The molecular weight excluding hydrogens is 711 g/mol. The predicted molar refractivity (Wildman–Crippen MR) is 249 cm³/mol. The molecule has 3 fully saturated rings. The van der Waals surface area contributed by atoms with Crippen molar-refractivity contribution in [3.8, 4) is 44.5 Å². The smallest absolute Gasteiger partial charge is 0.0465 e. The van der Waals surface area contributed by atoms with E-state index in [9.17, 15) is 0 Å². The normalized spacial score (nSPS) is 20.3. The molecule has 59 heavy (non-hydrogen) atoms. The van der Waals surface area contributed by atoms with Crippen LogP contribution in [0.15, 0.2) is 164 Å². The Hall–Kier alpha value is -5.66. The van der Waals surface area contributed by atoms with Gasteiger partial charge in [0.25, 0.3) is 0 Å². The van der Waals surface area contributed by atoms with Gasteiger partial charge < -0.3 is 4.90 Å². The van der Waals surface area contributed by atoms with E-state index in [2.05, 4.69) is 183 Å². The molecule has 0 spiro atoms. The van der Waals surface area contributed by atoms with Crippen molar-refractivity contribution in [1.29, 1.82) is 0 Å². The van der Waals surface area contributed by atoms with Gasteiger partial charge in [-0.25, -0.2) is 0 Å². The fourth-order valence-electron chi connectivity index (χ4n) is 11.9. The van der Waals surface area contributed by atoms with Gasteiger partial charge in [-0.15, -0.1) is 0 Å². The van der Waals surface area contributed by atoms with Crippen molar-refractivity contribution in [2.45, 2.75) is 88.9 Å². The van der Waals surface area contributed by atoms with E-state index in [1.807, 2.05) is 0 Å². The van der Waals surface area contributed by atoms with Gasteiger partial charge in [0.2, 0.25) is 0 Å². The van der Waals surface area contributed by atoms with E-state index in [0.29, 0.717) is 5.92 Å². The van der Waals surface area contributed by atoms with Crippen molar-refractivity contribution in [2.24, 2.45) is 11.8 Å². The van der Waals surface area contributed by atoms with E-state index in [1.54, 1.807) is 5.56 Å². The molecule has 7 aromatic carbocycles. The standard InChI is InChI=1S/C58H55N/c1-58(2)56-38-51(34-35-53(56)54-15-9-14-52(57(54)58)46-22-18-42(19-23-46)40-10-5-3-6-11-40)59(49-30-26-44(27-31-49)41-12-7-4-8-13-41)50-32-28-45(29-33-50)43-20-24-47(25-21-43)55-37-39-16-17-48(55)36-39/h3,5-6,9-11,14-15,18-35,38-39,41,48,55H,4,7-8,12-13,16-17,36-37H2,1-2H3. The van der Waals surface area contributed by atoms with Gasteiger partial charge in [-0.1, -0.05) is 167 Å². The summed E-state index contributed by atoms with van der Waals surface area (Å²) in [6.07, 6.45) is 12.4. The van der Waals surface area contributed by atoms with Gasteiger partial charge in [-0.05, 0) is 159 Å². The minimum absolute atomic E-state index is 0.181. The second-order valence-corrected chi connectivity index (χ2v) is 18.7. The molecule has 4 aliphatic rings. The zero-order valence-corrected chi connectivity index (χ0v) is 34.7. The average molecular weight is 766 g/mol. The largest absolute Gasteiger partial charge is 0.310 e. The summed E-state index contributed by atoms with van der Waals surface area (Å²) in [6.45, 7) is 4.84. The van der Waals surface area contributed by atoms with Crippen LogP contribution in [0.25, 0.3) is 44.5 Å². The van der Waals surface area contributed by atoms with Crippen LogP contribution in [0, 0.1) is 11.8 Å². The van der Waals surface area contributed by atoms with Gasteiger partial charge in [0, 0.05) is 22.5 Å². The Bertz CT molecular complexity index is 2590. The molecule has 0 aromatic heterocycles. The van der Waals surface area contributed by atoms with Gasteiger partial charge >= 0.3 is 0 Å². The maximum atomic E-state index is 2.48. The molecule has 0 radical (unpaired) electrons. The average Bonchev–Trinajstić information content (AvgIpc) is 4.00. The SMILES string of the molecule is CC1(C)c2cc(N(c3ccc(-c4ccc(C5CC6CCC5C6)cc4)cc3)c3ccc(C4CCCCC4)cc3)ccc2-c2cccc(-c3ccc(-c4ccccc4)cc3)c21. The molecule has 0 aliphatic heterocycles. The first-order chi connectivity index (χ1) is 29.0. The lowest BCUT2D eigenvalue weighted by atomic mass is 9.78. The lowest BCUT2D eigenvalue weighted by Gasteiger charge is -2.29. The molecule has 3 unspecified atom stereocenters. The number of anilines is 3. The summed E-state index contributed by atoms with van der Waals surface area (Å²) in [6, 6.07) is 62.4. The molecule has 3 atom stereocenters. The zero-order chi connectivity index (χ0) is 39.5. The summed E-state index contributed by atoms with van der Waals surface area (Å²) in [5.41, 5.74) is 19.6. The molecule has 0 N–H and O–H groups in total. The minimum atomic E-state index is -0.181. The fourth-order valence-corrected chi connectivity index (χ4v) is 11.9. The van der Waals surface area contributed by atoms with Crippen molar-refractivity contribution in [1.82, 2.24) is 0 Å². The zero-order valence-electron chi connectivity index (χ0n) is 34.7. The van der Waals surface area contributed by atoms with Gasteiger partial charge in [0.05, 0.1) is 0 Å². The van der Waals surface area contributed by atoms with Crippen LogP contribution in [-0.2, 0) is 5.41 Å². The van der Waals surface area contributed by atoms with Crippen molar-refractivity contribution < 1.29 is 0 Å². The Morgan fingerprint density at radius 1 is 0.441 bits per heavy atom. The molecule has 292 valence electrons. The number of rotatable bonds is 8. The van der Waals surface area contributed by atoms with Crippen LogP contribution < -0.4 is 4.90 Å². The fraction of sp³-hybridized carbons (Fsp3) is 0.276. The van der Waals surface area contributed by atoms with Crippen LogP contribution in [0.4, 0.5) is 17.1 Å². The Balaban J connectivity index is 0.938. The molecule has 1 nitrogen and oxygen atoms in total. The van der Waals surface area contributed by atoms with Gasteiger partial charge in [0.15, 0.2) is 0 Å². The van der Waals surface area contributed by atoms with E-state index >= 15 is 0 Å². The summed E-state index contributed by atoms with van der Waals surface area (Å²) in [4.78, 5) is 2.48. The first kappa shape index (κ1) is 36.4. The molecule has 2 bridgehead atoms. The van der Waals surface area contributed by atoms with Crippen LogP contribution in [-0.4, -0.2) is 0 Å². The molecule has 11 rings (SSSR count). The van der Waals surface area contributed by atoms with Crippen molar-refractivity contribution in [3.05, 3.63) is 186 Å². The lowest BCUT2D eigenvalue weighted by molar-refractivity contribution is 0.420. The highest BCUT2D eigenvalue weighted by atomic mass is 15.1. The molecule has 0 heterocycles. The first-order valence-corrected chi connectivity index (χ1v) is 22.5. The Labute approximate surface area is 351 Å². The maximum absolute atomic E-state index is 2.48. The van der Waals surface area contributed by atoms with E-state index in [1.165, 1.54) is 136 Å². The monoisotopic (exact) mass is 765 g/mol. The van der Waals surface area contributed by atoms with Crippen LogP contribution in [0.2, 0.25) is 0 Å². The molecule has 0 amide bonds. The third-order valence-corrected chi connectivity index (χ3v) is 15.0. The Morgan fingerprint density at radius 2 is 1.02 bits per heavy atom. The molecular formula is C58H55N. The number of fused-ring (bicyclic) bond motifs is 5. The van der Waals surface area contributed by atoms with Crippen LogP contribution in [0.3, 0.4) is 0 Å². The second kappa shape index (κ2) is 14.9. The maximum Gasteiger partial charge on any atom is 0.0465 e. The van der Waals surface area contributed by atoms with Crippen molar-refractivity contribution in [2.75, 3.05) is 4.90 Å². The predicted octanol–water partition coefficient (Wildman–Crippen LogP) is 16.4. The highest BCUT2D eigenvalue weighted by Gasteiger charge is 2.40. The minimum Gasteiger partial charge on any atom is -0.310 e. The third-order valence-electron chi connectivity index (χ3n) is 15.0. The molecule has 7 aromatic rings. The number of hydrogen-bond donors (Lipinski definition) is 0. The van der Waals surface area contributed by atoms with Gasteiger partial charge in [0.1, 0.15) is 0 Å². The Morgan fingerprint density at radius 3 is 1.68 bits per heavy atom. The number of benzene rings is 7. The van der Waals surface area contributed by atoms with Crippen LogP contribution in [0.5, 0.6) is 0 Å². The van der Waals surface area contributed by atoms with Crippen LogP contribution in [0.1, 0.15) is 106 Å². The third kappa shape index (κ3) is 6.55. The van der Waals surface area contributed by atoms with Crippen molar-refractivity contribution >= 4 is 17.1 Å². The van der Waals surface area contributed by atoms with Crippen LogP contribution >= 0.6 is 0 Å². The molecule has 4 aliphatic carbocycles. The topological polar surface area (TPSA) is 3.24 Å². The van der Waals surface area contributed by atoms with E-state index in [4.69, 9.17) is 0 Å². The first-order valence-electron chi connectivity index (χ1n) is 22.5. The summed E-state index contributed by atoms with van der Waals surface area (Å²) in [5.74, 6) is 3.33. The summed E-state index contributed by atoms with van der Waals surface area (Å²) in [5, 5.41) is 0. The van der Waals surface area contributed by atoms with Gasteiger partial charge in [-0.3, -0.25) is 0 Å². The van der Waals surface area contributed by atoms with E-state index in [-0.39, 0.29) is 5.41 Å². The Kier molecular flexibility index (Phi) is 9.18. The molecule has 3 saturated carbocycles. The summed E-state index contributed by atoms with van der Waals surface area (Å²) >= 11 is 0. The van der Waals surface area contributed by atoms with E-state index in [0.717, 1.165) is 17.8 Å². The molecule has 1 heteroatoms. The summed E-state index contributed by atoms with van der Waals surface area (Å²) in [7, 11) is 0. The number of hydrogen-bond acceptors (Lipinski definition) is 1. The van der Waals surface area contributed by atoms with E-state index < -0.39 is 0 Å². The highest BCUT2D eigenvalue weighted by Crippen LogP contribution is 2.55. The molecule has 0 saturated heterocycles.